The maximum Gasteiger partial charge on any atom is 0.243 e. The average Bonchev–Trinajstić information content (AvgIpc) is 3.47. The Labute approximate surface area is 204 Å². The summed E-state index contributed by atoms with van der Waals surface area (Å²) in [6.07, 6.45) is 5.85. The molecule has 4 aromatic rings. The number of para-hydroxylation sites is 1. The molecule has 180 valence electrons. The van der Waals surface area contributed by atoms with E-state index in [9.17, 15) is 8.42 Å². The molecule has 0 amide bonds. The second kappa shape index (κ2) is 8.35. The lowest BCUT2D eigenvalue weighted by Crippen LogP contribution is -2.38. The topological polar surface area (TPSA) is 106 Å². The lowest BCUT2D eigenvalue weighted by molar-refractivity contribution is 0.313. The number of piperidine rings is 1. The van der Waals surface area contributed by atoms with Gasteiger partial charge in [-0.1, -0.05) is 30.3 Å². The number of aromatic nitrogens is 3. The highest BCUT2D eigenvalue weighted by atomic mass is 32.2. The number of fused-ring (bicyclic) bond motifs is 2. The Balaban J connectivity index is 1.29. The summed E-state index contributed by atoms with van der Waals surface area (Å²) in [5.74, 6) is 1.51. The van der Waals surface area contributed by atoms with Gasteiger partial charge in [-0.3, -0.25) is 4.40 Å². The van der Waals surface area contributed by atoms with Crippen LogP contribution in [0.4, 0.5) is 11.5 Å². The largest absolute Gasteiger partial charge is 0.382 e. The minimum Gasteiger partial charge on any atom is -0.382 e. The maximum absolute atomic E-state index is 13.2. The van der Waals surface area contributed by atoms with Gasteiger partial charge in [-0.15, -0.1) is 0 Å². The number of hydrogen-bond donors (Lipinski definition) is 2. The highest BCUT2D eigenvalue weighted by molar-refractivity contribution is 7.89. The Morgan fingerprint density at radius 3 is 2.66 bits per heavy atom. The highest BCUT2D eigenvalue weighted by Crippen LogP contribution is 2.39. The van der Waals surface area contributed by atoms with Crippen molar-refractivity contribution >= 4 is 27.0 Å². The Hall–Kier alpha value is -3.43. The van der Waals surface area contributed by atoms with Crippen LogP contribution in [-0.2, 0) is 16.4 Å². The van der Waals surface area contributed by atoms with Crippen LogP contribution in [0.2, 0.25) is 0 Å². The van der Waals surface area contributed by atoms with Crippen molar-refractivity contribution < 1.29 is 8.42 Å². The molecule has 35 heavy (non-hydrogen) atoms. The molecular formula is C26H28N6O2S. The van der Waals surface area contributed by atoms with Crippen molar-refractivity contribution in [3.63, 3.8) is 0 Å². The number of imidazole rings is 1. The Morgan fingerprint density at radius 2 is 1.89 bits per heavy atom. The van der Waals surface area contributed by atoms with Gasteiger partial charge >= 0.3 is 0 Å². The molecule has 3 N–H and O–H groups in total. The van der Waals surface area contributed by atoms with Gasteiger partial charge < -0.3 is 11.1 Å². The fourth-order valence-electron chi connectivity index (χ4n) is 5.39. The van der Waals surface area contributed by atoms with Crippen LogP contribution in [0, 0.1) is 6.92 Å². The zero-order chi connectivity index (χ0) is 24.2. The van der Waals surface area contributed by atoms with Crippen LogP contribution < -0.4 is 11.1 Å². The van der Waals surface area contributed by atoms with Crippen LogP contribution in [0.25, 0.3) is 5.52 Å². The molecule has 1 atom stereocenters. The third-order valence-corrected chi connectivity index (χ3v) is 9.08. The third-order valence-electron chi connectivity index (χ3n) is 7.18. The van der Waals surface area contributed by atoms with Crippen LogP contribution in [0.1, 0.15) is 47.4 Å². The van der Waals surface area contributed by atoms with Crippen LogP contribution >= 0.6 is 0 Å². The van der Waals surface area contributed by atoms with E-state index in [1.54, 1.807) is 28.7 Å². The summed E-state index contributed by atoms with van der Waals surface area (Å²) in [6.45, 7) is 2.82. The number of hydrogen-bond acceptors (Lipinski definition) is 6. The van der Waals surface area contributed by atoms with Gasteiger partial charge in [0.05, 0.1) is 16.6 Å². The number of anilines is 2. The molecule has 6 rings (SSSR count). The van der Waals surface area contributed by atoms with Crippen molar-refractivity contribution in [2.24, 2.45) is 0 Å². The Bertz CT molecular complexity index is 1500. The number of sulfonamides is 1. The zero-order valence-corrected chi connectivity index (χ0v) is 20.4. The van der Waals surface area contributed by atoms with Crippen LogP contribution in [0.15, 0.2) is 65.8 Å². The second-order valence-corrected chi connectivity index (χ2v) is 11.4. The molecule has 2 aliphatic rings. The molecular weight excluding hydrogens is 460 g/mol. The Kier molecular flexibility index (Phi) is 5.26. The molecule has 9 heteroatoms. The van der Waals surface area contributed by atoms with Crippen molar-refractivity contribution in [1.29, 1.82) is 0 Å². The van der Waals surface area contributed by atoms with Crippen molar-refractivity contribution in [3.8, 4) is 0 Å². The van der Waals surface area contributed by atoms with E-state index in [4.69, 9.17) is 10.7 Å². The normalized spacial score (nSPS) is 19.1. The van der Waals surface area contributed by atoms with Gasteiger partial charge in [-0.05, 0) is 49.1 Å². The van der Waals surface area contributed by atoms with Crippen LogP contribution in [0.5, 0.6) is 0 Å². The van der Waals surface area contributed by atoms with Gasteiger partial charge in [0, 0.05) is 43.5 Å². The summed E-state index contributed by atoms with van der Waals surface area (Å²) in [5.41, 5.74) is 11.4. The summed E-state index contributed by atoms with van der Waals surface area (Å²) in [5, 5.41) is 3.59. The van der Waals surface area contributed by atoms with Gasteiger partial charge in [-0.25, -0.2) is 18.4 Å². The van der Waals surface area contributed by atoms with Gasteiger partial charge in [-0.2, -0.15) is 4.31 Å². The first kappa shape index (κ1) is 22.1. The van der Waals surface area contributed by atoms with Crippen molar-refractivity contribution in [1.82, 2.24) is 18.7 Å². The quantitative estimate of drug-likeness (QED) is 0.451. The molecule has 1 unspecified atom stereocenters. The van der Waals surface area contributed by atoms with Crippen molar-refractivity contribution in [2.45, 2.75) is 43.0 Å². The number of nitrogens with one attached hydrogen (secondary N) is 1. The van der Waals surface area contributed by atoms with Gasteiger partial charge in [0.15, 0.2) is 0 Å². The summed E-state index contributed by atoms with van der Waals surface area (Å²) < 4.78 is 30.0. The lowest BCUT2D eigenvalue weighted by Gasteiger charge is -2.30. The van der Waals surface area contributed by atoms with E-state index in [0.717, 1.165) is 34.7 Å². The summed E-state index contributed by atoms with van der Waals surface area (Å²) in [6, 6.07) is 15.4. The number of nitrogen functional groups attached to an aromatic ring is 1. The van der Waals surface area contributed by atoms with E-state index in [1.165, 1.54) is 5.56 Å². The fourth-order valence-corrected chi connectivity index (χ4v) is 6.96. The van der Waals surface area contributed by atoms with Crippen molar-refractivity contribution in [2.75, 3.05) is 24.1 Å². The minimum absolute atomic E-state index is 0.0180. The standard InChI is InChI=1S/C26H28N6O2S/c1-17-5-4-7-20(15-17)35(33,34)31-12-9-18(10-13-31)26-30-23(24-25(27)28-11-14-32(24)26)22-16-19-6-2-3-8-21(19)29-22/h2-8,11,14-15,18,22,29H,9-10,12-13,16H2,1H3,(H2,27,28). The van der Waals surface area contributed by atoms with E-state index >= 15 is 0 Å². The first-order valence-electron chi connectivity index (χ1n) is 12.0. The van der Waals surface area contributed by atoms with E-state index in [-0.39, 0.29) is 12.0 Å². The highest BCUT2D eigenvalue weighted by Gasteiger charge is 2.34. The van der Waals surface area contributed by atoms with Crippen LogP contribution in [0.3, 0.4) is 0 Å². The zero-order valence-electron chi connectivity index (χ0n) is 19.6. The minimum atomic E-state index is -3.51. The molecule has 0 aliphatic carbocycles. The fraction of sp³-hybridized carbons (Fsp3) is 0.308. The molecule has 0 saturated carbocycles. The molecule has 8 nitrogen and oxygen atoms in total. The maximum atomic E-state index is 13.2. The van der Waals surface area contributed by atoms with Gasteiger partial charge in [0.1, 0.15) is 17.2 Å². The smallest absolute Gasteiger partial charge is 0.243 e. The first-order valence-corrected chi connectivity index (χ1v) is 13.4. The SMILES string of the molecule is Cc1cccc(S(=O)(=O)N2CCC(c3nc(C4Cc5ccccc5N4)c4c(N)nccn34)CC2)c1. The average molecular weight is 489 g/mol. The Morgan fingerprint density at radius 1 is 1.09 bits per heavy atom. The van der Waals surface area contributed by atoms with E-state index < -0.39 is 10.0 Å². The predicted molar refractivity (Wildman–Crippen MR) is 136 cm³/mol. The molecule has 4 heterocycles. The molecule has 0 bridgehead atoms. The molecule has 1 saturated heterocycles. The van der Waals surface area contributed by atoms with Crippen LogP contribution in [-0.4, -0.2) is 40.2 Å². The number of rotatable bonds is 4. The molecule has 2 aromatic carbocycles. The molecule has 1 fully saturated rings. The second-order valence-electron chi connectivity index (χ2n) is 9.44. The molecule has 0 spiro atoms. The first-order chi connectivity index (χ1) is 16.9. The number of nitrogens with zero attached hydrogens (tertiary/aromatic N) is 4. The third kappa shape index (κ3) is 3.75. The van der Waals surface area contributed by atoms with Crippen molar-refractivity contribution in [3.05, 3.63) is 83.6 Å². The number of nitrogens with two attached hydrogens (primary N) is 1. The summed E-state index contributed by atoms with van der Waals surface area (Å²) in [4.78, 5) is 9.80. The number of aryl methyl sites for hydroxylation is 1. The molecule has 2 aliphatic heterocycles. The van der Waals surface area contributed by atoms with E-state index in [0.29, 0.717) is 36.6 Å². The summed E-state index contributed by atoms with van der Waals surface area (Å²) in [7, 11) is -3.51. The predicted octanol–water partition coefficient (Wildman–Crippen LogP) is 3.90. The number of benzene rings is 2. The lowest BCUT2D eigenvalue weighted by atomic mass is 9.97. The van der Waals surface area contributed by atoms with Gasteiger partial charge in [0.2, 0.25) is 10.0 Å². The van der Waals surface area contributed by atoms with E-state index in [1.807, 2.05) is 31.3 Å². The summed E-state index contributed by atoms with van der Waals surface area (Å²) >= 11 is 0. The van der Waals surface area contributed by atoms with E-state index in [2.05, 4.69) is 26.8 Å². The molecule has 0 radical (unpaired) electrons. The molecule has 2 aromatic heterocycles. The monoisotopic (exact) mass is 488 g/mol. The van der Waals surface area contributed by atoms with Gasteiger partial charge in [0.25, 0.3) is 0 Å².